The van der Waals surface area contributed by atoms with Crippen molar-refractivity contribution in [2.24, 2.45) is 0 Å². The highest BCUT2D eigenvalue weighted by atomic mass is 79.9. The van der Waals surface area contributed by atoms with E-state index in [1.54, 1.807) is 6.41 Å². The summed E-state index contributed by atoms with van der Waals surface area (Å²) in [5.74, 6) is 0. The molecular formula is C5H9BrNO. The van der Waals surface area contributed by atoms with Crippen LogP contribution in [0.5, 0.6) is 0 Å². The Balaban J connectivity index is 3.03. The Labute approximate surface area is 57.8 Å². The molecular weight excluding hydrogens is 170 g/mol. The third kappa shape index (κ3) is 4.12. The van der Waals surface area contributed by atoms with Crippen LogP contribution in [0.25, 0.3) is 0 Å². The maximum absolute atomic E-state index is 9.62. The molecule has 0 bridgehead atoms. The molecule has 1 amide bonds. The van der Waals surface area contributed by atoms with Crippen LogP contribution in [0.1, 0.15) is 19.8 Å². The van der Waals surface area contributed by atoms with Crippen LogP contribution in [-0.4, -0.2) is 11.4 Å². The molecule has 0 aromatic rings. The third-order valence-corrected chi connectivity index (χ3v) is 1.44. The monoisotopic (exact) mass is 178 g/mol. The fourth-order valence-electron chi connectivity index (χ4n) is 0.390. The molecule has 0 heterocycles. The maximum Gasteiger partial charge on any atom is 0.310 e. The summed E-state index contributed by atoms with van der Waals surface area (Å²) in [5.41, 5.74) is 0. The van der Waals surface area contributed by atoms with Gasteiger partial charge in [0.05, 0.1) is 4.95 Å². The van der Waals surface area contributed by atoms with Crippen LogP contribution in [-0.2, 0) is 4.79 Å². The van der Waals surface area contributed by atoms with E-state index in [2.05, 4.69) is 28.2 Å². The second-order valence-corrected chi connectivity index (χ2v) is 2.61. The van der Waals surface area contributed by atoms with Crippen molar-refractivity contribution in [2.45, 2.75) is 24.7 Å². The van der Waals surface area contributed by atoms with Gasteiger partial charge in [0, 0.05) is 0 Å². The summed E-state index contributed by atoms with van der Waals surface area (Å²) in [6.07, 6.45) is 3.62. The number of hydrogen-bond donors (Lipinski definition) is 1. The molecule has 0 fully saturated rings. The number of nitrogens with one attached hydrogen (secondary N) is 1. The van der Waals surface area contributed by atoms with Crippen molar-refractivity contribution >= 4 is 22.3 Å². The van der Waals surface area contributed by atoms with Gasteiger partial charge >= 0.3 is 6.41 Å². The van der Waals surface area contributed by atoms with Gasteiger partial charge in [0.2, 0.25) is 0 Å². The fraction of sp³-hybridized carbons (Fsp3) is 0.800. The number of alkyl halides is 1. The summed E-state index contributed by atoms with van der Waals surface area (Å²) in [4.78, 5) is 9.73. The first-order valence-electron chi connectivity index (χ1n) is 2.58. The van der Waals surface area contributed by atoms with Crippen molar-refractivity contribution in [2.75, 3.05) is 0 Å². The molecule has 2 nitrogen and oxygen atoms in total. The molecule has 0 aliphatic heterocycles. The van der Waals surface area contributed by atoms with Gasteiger partial charge in [-0.05, 0) is 6.42 Å². The van der Waals surface area contributed by atoms with Gasteiger partial charge in [-0.2, -0.15) is 0 Å². The number of halogens is 1. The lowest BCUT2D eigenvalue weighted by atomic mass is 10.3. The van der Waals surface area contributed by atoms with Crippen LogP contribution < -0.4 is 5.32 Å². The van der Waals surface area contributed by atoms with Gasteiger partial charge in [-0.1, -0.05) is 29.3 Å². The Kier molecular flexibility index (Phi) is 5.06. The molecule has 47 valence electrons. The minimum atomic E-state index is 0.102. The van der Waals surface area contributed by atoms with Crippen LogP contribution in [0.3, 0.4) is 0 Å². The van der Waals surface area contributed by atoms with E-state index in [0.717, 1.165) is 12.8 Å². The maximum atomic E-state index is 9.62. The van der Waals surface area contributed by atoms with Crippen LogP contribution in [0.15, 0.2) is 0 Å². The molecule has 0 aromatic carbocycles. The van der Waals surface area contributed by atoms with Gasteiger partial charge in [0.1, 0.15) is 0 Å². The van der Waals surface area contributed by atoms with E-state index in [-0.39, 0.29) is 4.95 Å². The fourth-order valence-corrected chi connectivity index (χ4v) is 0.941. The molecule has 0 saturated heterocycles. The lowest BCUT2D eigenvalue weighted by Crippen LogP contribution is -2.20. The van der Waals surface area contributed by atoms with Crippen molar-refractivity contribution in [3.05, 3.63) is 0 Å². The first-order valence-corrected chi connectivity index (χ1v) is 3.49. The second kappa shape index (κ2) is 5.09. The summed E-state index contributed by atoms with van der Waals surface area (Å²) in [7, 11) is 0. The zero-order valence-corrected chi connectivity index (χ0v) is 6.36. The summed E-state index contributed by atoms with van der Waals surface area (Å²) >= 11 is 3.22. The number of hydrogen-bond acceptors (Lipinski definition) is 1. The Morgan fingerprint density at radius 2 is 2.50 bits per heavy atom. The molecule has 1 N–H and O–H groups in total. The standard InChI is InChI=1S/C5H9BrNO/c1-2-3-5(6)7-4-8/h5H,2-3H2,1H3,(H,7,8). The minimum Gasteiger partial charge on any atom is -0.335 e. The van der Waals surface area contributed by atoms with E-state index in [0.29, 0.717) is 0 Å². The van der Waals surface area contributed by atoms with Gasteiger partial charge in [-0.15, -0.1) is 0 Å². The van der Waals surface area contributed by atoms with E-state index < -0.39 is 0 Å². The average molecular weight is 179 g/mol. The number of rotatable bonds is 4. The SMILES string of the molecule is CCCC(Br)N[C]=O. The molecule has 0 saturated carbocycles. The highest BCUT2D eigenvalue weighted by Crippen LogP contribution is 2.01. The Morgan fingerprint density at radius 1 is 1.88 bits per heavy atom. The van der Waals surface area contributed by atoms with Gasteiger partial charge in [-0.25, -0.2) is 0 Å². The molecule has 1 radical (unpaired) electrons. The Bertz CT molecular complexity index is 67.4. The van der Waals surface area contributed by atoms with Gasteiger partial charge in [0.15, 0.2) is 0 Å². The predicted molar refractivity (Wildman–Crippen MR) is 36.5 cm³/mol. The van der Waals surface area contributed by atoms with E-state index in [4.69, 9.17) is 0 Å². The molecule has 1 atom stereocenters. The highest BCUT2D eigenvalue weighted by Gasteiger charge is 1.96. The smallest absolute Gasteiger partial charge is 0.310 e. The van der Waals surface area contributed by atoms with Crippen molar-refractivity contribution in [1.82, 2.24) is 5.32 Å². The van der Waals surface area contributed by atoms with E-state index >= 15 is 0 Å². The normalized spacial score (nSPS) is 12.8. The quantitative estimate of drug-likeness (QED) is 0.391. The first-order chi connectivity index (χ1) is 3.81. The lowest BCUT2D eigenvalue weighted by molar-refractivity contribution is 0.536. The molecule has 8 heavy (non-hydrogen) atoms. The predicted octanol–water partition coefficient (Wildman–Crippen LogP) is 1.16. The first kappa shape index (κ1) is 7.95. The topological polar surface area (TPSA) is 29.1 Å². The van der Waals surface area contributed by atoms with Gasteiger partial charge < -0.3 is 5.32 Å². The van der Waals surface area contributed by atoms with Crippen LogP contribution in [0.4, 0.5) is 0 Å². The molecule has 0 rings (SSSR count). The van der Waals surface area contributed by atoms with Crippen molar-refractivity contribution in [1.29, 1.82) is 0 Å². The Hall–Kier alpha value is -0.0500. The van der Waals surface area contributed by atoms with Crippen LogP contribution >= 0.6 is 15.9 Å². The molecule has 1 unspecified atom stereocenters. The molecule has 0 aromatic heterocycles. The van der Waals surface area contributed by atoms with Crippen molar-refractivity contribution < 1.29 is 4.79 Å². The number of carbonyl (C=O) groups excluding carboxylic acids is 1. The molecule has 3 heteroatoms. The van der Waals surface area contributed by atoms with Crippen LogP contribution in [0, 0.1) is 0 Å². The molecule has 0 aliphatic carbocycles. The highest BCUT2D eigenvalue weighted by molar-refractivity contribution is 9.09. The van der Waals surface area contributed by atoms with E-state index in [1.807, 2.05) is 0 Å². The minimum absolute atomic E-state index is 0.102. The zero-order valence-electron chi connectivity index (χ0n) is 4.78. The van der Waals surface area contributed by atoms with Crippen molar-refractivity contribution in [3.63, 3.8) is 0 Å². The van der Waals surface area contributed by atoms with Crippen molar-refractivity contribution in [3.8, 4) is 0 Å². The summed E-state index contributed by atoms with van der Waals surface area (Å²) in [6.45, 7) is 2.06. The molecule has 0 spiro atoms. The van der Waals surface area contributed by atoms with E-state index in [9.17, 15) is 4.79 Å². The largest absolute Gasteiger partial charge is 0.335 e. The molecule has 0 aliphatic rings. The lowest BCUT2D eigenvalue weighted by Gasteiger charge is -2.02. The van der Waals surface area contributed by atoms with Gasteiger partial charge in [0.25, 0.3) is 0 Å². The Morgan fingerprint density at radius 3 is 2.88 bits per heavy atom. The van der Waals surface area contributed by atoms with Gasteiger partial charge in [-0.3, -0.25) is 4.79 Å². The summed E-state index contributed by atoms with van der Waals surface area (Å²) in [5, 5.41) is 2.46. The second-order valence-electron chi connectivity index (χ2n) is 1.50. The van der Waals surface area contributed by atoms with E-state index in [1.165, 1.54) is 0 Å². The number of amides is 1. The summed E-state index contributed by atoms with van der Waals surface area (Å²) in [6, 6.07) is 0. The summed E-state index contributed by atoms with van der Waals surface area (Å²) < 4.78 is 0. The third-order valence-electron chi connectivity index (χ3n) is 0.758. The zero-order chi connectivity index (χ0) is 6.41. The van der Waals surface area contributed by atoms with Crippen LogP contribution in [0.2, 0.25) is 0 Å². The average Bonchev–Trinajstić information content (AvgIpc) is 1.68.